The molecule has 160 valence electrons. The van der Waals surface area contributed by atoms with E-state index in [1.54, 1.807) is 18.2 Å². The number of phenols is 1. The van der Waals surface area contributed by atoms with Gasteiger partial charge in [-0.1, -0.05) is 19.9 Å². The molecule has 0 bridgehead atoms. The lowest BCUT2D eigenvalue weighted by Gasteiger charge is -2.23. The van der Waals surface area contributed by atoms with Crippen LogP contribution in [0.3, 0.4) is 0 Å². The molecule has 0 spiro atoms. The first-order valence-electron chi connectivity index (χ1n) is 10.4. The van der Waals surface area contributed by atoms with Crippen molar-refractivity contribution in [2.45, 2.75) is 38.5 Å². The van der Waals surface area contributed by atoms with Gasteiger partial charge in [0, 0.05) is 41.6 Å². The quantitative estimate of drug-likeness (QED) is 0.693. The molecule has 0 fully saturated rings. The summed E-state index contributed by atoms with van der Waals surface area (Å²) in [7, 11) is 4.07. The molecule has 5 nitrogen and oxygen atoms in total. The standard InChI is InChI=1S/C26H28N2O3/c1-25(2)18-14-16(24(30)31)10-12-20(18)27(5)22(25)8-7-9-23-26(3,4)19-15-17(29)11-13-21(19)28(23)6/h7-15H,1-6H3,(H-,29,30,31)/p+1. The van der Waals surface area contributed by atoms with E-state index in [-0.39, 0.29) is 16.6 Å². The van der Waals surface area contributed by atoms with E-state index in [0.717, 1.165) is 33.9 Å². The first-order valence-corrected chi connectivity index (χ1v) is 10.4. The molecule has 2 aliphatic rings. The van der Waals surface area contributed by atoms with E-state index in [1.807, 2.05) is 32.3 Å². The average molecular weight is 418 g/mol. The Morgan fingerprint density at radius 1 is 1.03 bits per heavy atom. The number of carboxylic acid groups (broad SMARTS) is 1. The number of aromatic hydroxyl groups is 1. The summed E-state index contributed by atoms with van der Waals surface area (Å²) >= 11 is 0. The zero-order valence-corrected chi connectivity index (χ0v) is 18.9. The fourth-order valence-electron chi connectivity index (χ4n) is 5.02. The number of carbonyl (C=O) groups is 1. The molecular formula is C26H29N2O3+. The Kier molecular flexibility index (Phi) is 4.61. The maximum Gasteiger partial charge on any atom is 0.335 e. The first-order chi connectivity index (χ1) is 14.5. The summed E-state index contributed by atoms with van der Waals surface area (Å²) < 4.78 is 2.17. The van der Waals surface area contributed by atoms with E-state index in [0.29, 0.717) is 5.56 Å². The van der Waals surface area contributed by atoms with Crippen molar-refractivity contribution in [3.05, 3.63) is 77.0 Å². The van der Waals surface area contributed by atoms with E-state index in [9.17, 15) is 15.0 Å². The van der Waals surface area contributed by atoms with Gasteiger partial charge in [0.05, 0.1) is 11.0 Å². The first kappa shape index (κ1) is 20.9. The molecule has 31 heavy (non-hydrogen) atoms. The molecule has 2 N–H and O–H groups in total. The highest BCUT2D eigenvalue weighted by atomic mass is 16.4. The molecule has 0 radical (unpaired) electrons. The summed E-state index contributed by atoms with van der Waals surface area (Å²) in [5.41, 5.74) is 6.28. The Labute approximate surface area is 183 Å². The molecule has 0 aliphatic carbocycles. The highest BCUT2D eigenvalue weighted by Gasteiger charge is 2.43. The van der Waals surface area contributed by atoms with Gasteiger partial charge in [0.25, 0.3) is 0 Å². The minimum absolute atomic E-state index is 0.228. The van der Waals surface area contributed by atoms with E-state index in [2.05, 4.69) is 55.4 Å². The van der Waals surface area contributed by atoms with Crippen LogP contribution in [0.15, 0.2) is 60.3 Å². The lowest BCUT2D eigenvalue weighted by atomic mass is 9.81. The monoisotopic (exact) mass is 417 g/mol. The van der Waals surface area contributed by atoms with Crippen molar-refractivity contribution >= 4 is 23.1 Å². The predicted octanol–water partition coefficient (Wildman–Crippen LogP) is 4.96. The van der Waals surface area contributed by atoms with Crippen LogP contribution in [0.25, 0.3) is 0 Å². The number of nitrogens with zero attached hydrogens (tertiary/aromatic N) is 2. The van der Waals surface area contributed by atoms with Gasteiger partial charge >= 0.3 is 5.97 Å². The normalized spacial score (nSPS) is 19.9. The second kappa shape index (κ2) is 6.84. The molecule has 0 aromatic heterocycles. The molecule has 5 heteroatoms. The molecule has 2 aromatic rings. The number of carboxylic acids is 1. The Morgan fingerprint density at radius 2 is 1.74 bits per heavy atom. The number of hydrogen-bond acceptors (Lipinski definition) is 3. The van der Waals surface area contributed by atoms with Crippen molar-refractivity contribution < 1.29 is 19.6 Å². The van der Waals surface area contributed by atoms with Crippen LogP contribution in [0.4, 0.5) is 11.4 Å². The summed E-state index contributed by atoms with van der Waals surface area (Å²) in [6.45, 7) is 8.57. The number of anilines is 1. The van der Waals surface area contributed by atoms with Crippen LogP contribution in [0.5, 0.6) is 5.75 Å². The van der Waals surface area contributed by atoms with Crippen LogP contribution in [-0.2, 0) is 10.8 Å². The number of phenolic OH excluding ortho intramolecular Hbond substituents is 1. The van der Waals surface area contributed by atoms with E-state index in [4.69, 9.17) is 0 Å². The van der Waals surface area contributed by atoms with Crippen molar-refractivity contribution in [3.63, 3.8) is 0 Å². The fraction of sp³-hybridized carbons (Fsp3) is 0.308. The van der Waals surface area contributed by atoms with Crippen molar-refractivity contribution in [2.75, 3.05) is 19.0 Å². The second-order valence-electron chi connectivity index (χ2n) is 9.40. The maximum absolute atomic E-state index is 11.4. The largest absolute Gasteiger partial charge is 0.508 e. The highest BCUT2D eigenvalue weighted by molar-refractivity contribution is 6.03. The molecule has 0 unspecified atom stereocenters. The Hall–Kier alpha value is -3.34. The Morgan fingerprint density at radius 3 is 2.42 bits per heavy atom. The van der Waals surface area contributed by atoms with Gasteiger partial charge in [0.15, 0.2) is 5.71 Å². The van der Waals surface area contributed by atoms with Crippen molar-refractivity contribution in [1.82, 2.24) is 0 Å². The van der Waals surface area contributed by atoms with Gasteiger partial charge in [-0.3, -0.25) is 0 Å². The molecular weight excluding hydrogens is 388 g/mol. The van der Waals surface area contributed by atoms with Gasteiger partial charge in [-0.25, -0.2) is 4.79 Å². The summed E-state index contributed by atoms with van der Waals surface area (Å²) in [5, 5.41) is 19.3. The zero-order valence-electron chi connectivity index (χ0n) is 18.9. The predicted molar refractivity (Wildman–Crippen MR) is 124 cm³/mol. The van der Waals surface area contributed by atoms with Gasteiger partial charge in [0.2, 0.25) is 5.69 Å². The third-order valence-electron chi connectivity index (χ3n) is 6.80. The van der Waals surface area contributed by atoms with Gasteiger partial charge < -0.3 is 15.1 Å². The lowest BCUT2D eigenvalue weighted by molar-refractivity contribution is -0.401. The van der Waals surface area contributed by atoms with Crippen LogP contribution in [0.1, 0.15) is 49.2 Å². The molecule has 0 amide bonds. The Bertz CT molecular complexity index is 1200. The van der Waals surface area contributed by atoms with Gasteiger partial charge in [-0.2, -0.15) is 4.58 Å². The average Bonchev–Trinajstić information content (AvgIpc) is 3.01. The lowest BCUT2D eigenvalue weighted by Crippen LogP contribution is -2.26. The molecule has 2 heterocycles. The number of benzene rings is 2. The summed E-state index contributed by atoms with van der Waals surface area (Å²) in [6.07, 6.45) is 6.30. The minimum atomic E-state index is -0.910. The number of likely N-dealkylation sites (N-methyl/N-ethyl adjacent to an activating group) is 1. The van der Waals surface area contributed by atoms with Gasteiger partial charge in [-0.15, -0.1) is 0 Å². The van der Waals surface area contributed by atoms with E-state index >= 15 is 0 Å². The third-order valence-corrected chi connectivity index (χ3v) is 6.80. The van der Waals surface area contributed by atoms with Crippen molar-refractivity contribution in [1.29, 1.82) is 0 Å². The van der Waals surface area contributed by atoms with Crippen LogP contribution < -0.4 is 4.90 Å². The minimum Gasteiger partial charge on any atom is -0.508 e. The number of hydrogen-bond donors (Lipinski definition) is 2. The van der Waals surface area contributed by atoms with Crippen LogP contribution >= 0.6 is 0 Å². The highest BCUT2D eigenvalue weighted by Crippen LogP contribution is 2.47. The summed E-state index contributed by atoms with van der Waals surface area (Å²) in [5.74, 6) is -0.632. The zero-order chi connectivity index (χ0) is 22.7. The smallest absolute Gasteiger partial charge is 0.335 e. The molecule has 4 rings (SSSR count). The molecule has 2 aromatic carbocycles. The number of fused-ring (bicyclic) bond motifs is 2. The third kappa shape index (κ3) is 3.07. The second-order valence-corrected chi connectivity index (χ2v) is 9.40. The topological polar surface area (TPSA) is 63.8 Å². The molecule has 2 aliphatic heterocycles. The number of aromatic carboxylic acids is 1. The number of allylic oxidation sites excluding steroid dienone is 4. The molecule has 0 saturated carbocycles. The summed E-state index contributed by atoms with van der Waals surface area (Å²) in [6, 6.07) is 10.8. The Balaban J connectivity index is 1.70. The van der Waals surface area contributed by atoms with Crippen LogP contribution in [-0.4, -0.2) is 40.6 Å². The fourth-order valence-corrected chi connectivity index (χ4v) is 5.02. The van der Waals surface area contributed by atoms with Crippen molar-refractivity contribution in [3.8, 4) is 5.75 Å². The number of rotatable bonds is 3. The van der Waals surface area contributed by atoms with Gasteiger partial charge in [0.1, 0.15) is 12.8 Å². The van der Waals surface area contributed by atoms with E-state index in [1.165, 1.54) is 0 Å². The molecule has 0 atom stereocenters. The summed E-state index contributed by atoms with van der Waals surface area (Å²) in [4.78, 5) is 13.6. The van der Waals surface area contributed by atoms with Crippen molar-refractivity contribution in [2.24, 2.45) is 0 Å². The maximum atomic E-state index is 11.4. The van der Waals surface area contributed by atoms with Crippen LogP contribution in [0, 0.1) is 0 Å². The molecule has 0 saturated heterocycles. The van der Waals surface area contributed by atoms with Gasteiger partial charge in [-0.05, 0) is 55.8 Å². The SMILES string of the molecule is CN1C(=CC=CC2=[N+](C)c3ccc(O)cc3C2(C)C)C(C)(C)c2cc(C(=O)O)ccc21. The van der Waals surface area contributed by atoms with E-state index < -0.39 is 5.97 Å². The van der Waals surface area contributed by atoms with Crippen LogP contribution in [0.2, 0.25) is 0 Å².